The molecule has 0 saturated carbocycles. The fraction of sp³-hybridized carbons (Fsp3) is 0.400. The van der Waals surface area contributed by atoms with Gasteiger partial charge in [-0.2, -0.15) is 0 Å². The Hall–Kier alpha value is -1.80. The molecule has 124 valence electrons. The Morgan fingerprint density at radius 3 is 2.83 bits per heavy atom. The number of hydrogen-bond donors (Lipinski definition) is 2. The van der Waals surface area contributed by atoms with Gasteiger partial charge in [-0.3, -0.25) is 9.59 Å². The number of thiophene rings is 1. The molecule has 23 heavy (non-hydrogen) atoms. The van der Waals surface area contributed by atoms with Crippen molar-refractivity contribution in [3.05, 3.63) is 34.2 Å². The van der Waals surface area contributed by atoms with Gasteiger partial charge in [-0.25, -0.2) is 0 Å². The zero-order valence-corrected chi connectivity index (χ0v) is 14.8. The van der Waals surface area contributed by atoms with E-state index in [-0.39, 0.29) is 28.9 Å². The maximum absolute atomic E-state index is 12.0. The van der Waals surface area contributed by atoms with Gasteiger partial charge in [-0.15, -0.1) is 23.1 Å². The lowest BCUT2D eigenvalue weighted by Crippen LogP contribution is -2.30. The lowest BCUT2D eigenvalue weighted by Gasteiger charge is -2.14. The van der Waals surface area contributed by atoms with Gasteiger partial charge in [-0.05, 0) is 32.2 Å². The van der Waals surface area contributed by atoms with E-state index in [1.54, 1.807) is 31.3 Å². The number of nitrogens with zero attached hydrogens (tertiary/aromatic N) is 1. The lowest BCUT2D eigenvalue weighted by molar-refractivity contribution is -0.119. The number of hydrogen-bond acceptors (Lipinski definition) is 6. The summed E-state index contributed by atoms with van der Waals surface area (Å²) in [5.74, 6) is 0.941. The van der Waals surface area contributed by atoms with Crippen molar-refractivity contribution in [3.63, 3.8) is 0 Å². The van der Waals surface area contributed by atoms with Gasteiger partial charge < -0.3 is 15.2 Å². The Bertz CT molecular complexity index is 655. The summed E-state index contributed by atoms with van der Waals surface area (Å²) in [5.41, 5.74) is 0. The number of carbonyl (C=O) groups excluding carboxylic acids is 2. The quantitative estimate of drug-likeness (QED) is 0.799. The summed E-state index contributed by atoms with van der Waals surface area (Å²) in [6.07, 6.45) is 0. The van der Waals surface area contributed by atoms with Crippen molar-refractivity contribution in [1.29, 1.82) is 0 Å². The molecule has 2 N–H and O–H groups in total. The van der Waals surface area contributed by atoms with Gasteiger partial charge in [0.15, 0.2) is 5.82 Å². The van der Waals surface area contributed by atoms with Crippen molar-refractivity contribution in [2.24, 2.45) is 0 Å². The molecular formula is C15H19N3O3S2. The van der Waals surface area contributed by atoms with Crippen LogP contribution in [-0.4, -0.2) is 28.0 Å². The molecule has 2 amide bonds. The molecule has 2 aromatic rings. The van der Waals surface area contributed by atoms with Crippen molar-refractivity contribution < 1.29 is 14.1 Å². The first-order valence-electron chi connectivity index (χ1n) is 7.14. The molecule has 2 atom stereocenters. The van der Waals surface area contributed by atoms with E-state index < -0.39 is 0 Å². The third kappa shape index (κ3) is 5.40. The normalized spacial score (nSPS) is 13.3. The summed E-state index contributed by atoms with van der Waals surface area (Å²) in [5, 5.41) is 10.9. The Balaban J connectivity index is 1.73. The number of aryl methyl sites for hydroxylation is 1. The molecule has 0 spiro atoms. The summed E-state index contributed by atoms with van der Waals surface area (Å²) in [6.45, 7) is 5.44. The van der Waals surface area contributed by atoms with Crippen LogP contribution < -0.4 is 10.6 Å². The molecule has 0 aliphatic carbocycles. The molecule has 0 fully saturated rings. The Morgan fingerprint density at radius 2 is 2.22 bits per heavy atom. The highest BCUT2D eigenvalue weighted by Gasteiger charge is 2.18. The second-order valence-electron chi connectivity index (χ2n) is 5.07. The van der Waals surface area contributed by atoms with Gasteiger partial charge in [0.05, 0.1) is 17.0 Å². The van der Waals surface area contributed by atoms with E-state index >= 15 is 0 Å². The maximum Gasteiger partial charge on any atom is 0.238 e. The highest BCUT2D eigenvalue weighted by molar-refractivity contribution is 8.01. The van der Waals surface area contributed by atoms with E-state index in [2.05, 4.69) is 15.8 Å². The van der Waals surface area contributed by atoms with Crippen LogP contribution in [0.5, 0.6) is 0 Å². The predicted molar refractivity (Wildman–Crippen MR) is 92.7 cm³/mol. The first-order chi connectivity index (χ1) is 11.0. The van der Waals surface area contributed by atoms with Crippen LogP contribution in [0.15, 0.2) is 28.1 Å². The fourth-order valence-electron chi connectivity index (χ4n) is 1.82. The number of carbonyl (C=O) groups is 2. The number of aromatic nitrogens is 1. The monoisotopic (exact) mass is 353 g/mol. The van der Waals surface area contributed by atoms with E-state index in [4.69, 9.17) is 4.52 Å². The molecule has 2 rings (SSSR count). The summed E-state index contributed by atoms with van der Waals surface area (Å²) >= 11 is 2.88. The standard InChI is InChI=1S/C15H19N3O3S2/c1-9-7-13(18-21-9)17-15(20)11(3)23-8-14(19)16-10(2)12-5-4-6-22-12/h4-7,10-11H,8H2,1-3H3,(H,16,19)(H,17,18,20). The van der Waals surface area contributed by atoms with Gasteiger partial charge in [0, 0.05) is 10.9 Å². The number of amides is 2. The second kappa shape index (κ2) is 8.16. The van der Waals surface area contributed by atoms with Crippen LogP contribution in [0.3, 0.4) is 0 Å². The number of rotatable bonds is 7. The molecule has 0 aliphatic heterocycles. The van der Waals surface area contributed by atoms with Gasteiger partial charge in [0.25, 0.3) is 0 Å². The molecule has 8 heteroatoms. The zero-order chi connectivity index (χ0) is 16.8. The minimum absolute atomic E-state index is 0.0228. The molecule has 2 heterocycles. The van der Waals surface area contributed by atoms with Crippen molar-refractivity contribution >= 4 is 40.7 Å². The maximum atomic E-state index is 12.0. The molecule has 6 nitrogen and oxygen atoms in total. The highest BCUT2D eigenvalue weighted by Crippen LogP contribution is 2.19. The molecule has 2 unspecified atom stereocenters. The van der Waals surface area contributed by atoms with E-state index in [9.17, 15) is 9.59 Å². The average Bonchev–Trinajstić information content (AvgIpc) is 3.16. The van der Waals surface area contributed by atoms with E-state index in [1.807, 2.05) is 24.4 Å². The summed E-state index contributed by atoms with van der Waals surface area (Å²) in [4.78, 5) is 25.1. The van der Waals surface area contributed by atoms with Crippen LogP contribution in [0.25, 0.3) is 0 Å². The zero-order valence-electron chi connectivity index (χ0n) is 13.2. The molecule has 0 radical (unpaired) electrons. The van der Waals surface area contributed by atoms with E-state index in [1.165, 1.54) is 11.8 Å². The van der Waals surface area contributed by atoms with Crippen LogP contribution in [0.4, 0.5) is 5.82 Å². The van der Waals surface area contributed by atoms with E-state index in [0.29, 0.717) is 11.6 Å². The van der Waals surface area contributed by atoms with Crippen molar-refractivity contribution in [3.8, 4) is 0 Å². The molecule has 0 bridgehead atoms. The molecule has 0 aromatic carbocycles. The number of nitrogens with one attached hydrogen (secondary N) is 2. The van der Waals surface area contributed by atoms with Crippen molar-refractivity contribution in [2.45, 2.75) is 32.1 Å². The molecular weight excluding hydrogens is 334 g/mol. The Kier molecular flexibility index (Phi) is 6.23. The number of thioether (sulfide) groups is 1. The second-order valence-corrected chi connectivity index (χ2v) is 7.38. The van der Waals surface area contributed by atoms with Gasteiger partial charge >= 0.3 is 0 Å². The van der Waals surface area contributed by atoms with Crippen LogP contribution in [0.2, 0.25) is 0 Å². The largest absolute Gasteiger partial charge is 0.360 e. The third-order valence-corrected chi connectivity index (χ3v) is 5.26. The Labute approximate surface area is 143 Å². The van der Waals surface area contributed by atoms with E-state index in [0.717, 1.165) is 4.88 Å². The minimum Gasteiger partial charge on any atom is -0.360 e. The van der Waals surface area contributed by atoms with Crippen LogP contribution in [-0.2, 0) is 9.59 Å². The van der Waals surface area contributed by atoms with Crippen LogP contribution in [0, 0.1) is 6.92 Å². The van der Waals surface area contributed by atoms with Crippen LogP contribution >= 0.6 is 23.1 Å². The number of anilines is 1. The molecule has 0 aliphatic rings. The highest BCUT2D eigenvalue weighted by atomic mass is 32.2. The smallest absolute Gasteiger partial charge is 0.238 e. The minimum atomic E-state index is -0.366. The summed E-state index contributed by atoms with van der Waals surface area (Å²) in [7, 11) is 0. The summed E-state index contributed by atoms with van der Waals surface area (Å²) < 4.78 is 4.89. The average molecular weight is 353 g/mol. The fourth-order valence-corrected chi connectivity index (χ4v) is 3.25. The molecule has 0 saturated heterocycles. The topological polar surface area (TPSA) is 84.2 Å². The van der Waals surface area contributed by atoms with Gasteiger partial charge in [-0.1, -0.05) is 11.2 Å². The van der Waals surface area contributed by atoms with Crippen LogP contribution in [0.1, 0.15) is 30.5 Å². The SMILES string of the molecule is Cc1cc(NC(=O)C(C)SCC(=O)NC(C)c2cccs2)no1. The Morgan fingerprint density at radius 1 is 1.43 bits per heavy atom. The predicted octanol–water partition coefficient (Wildman–Crippen LogP) is 2.98. The van der Waals surface area contributed by atoms with Crippen molar-refractivity contribution in [1.82, 2.24) is 10.5 Å². The molecule has 2 aromatic heterocycles. The van der Waals surface area contributed by atoms with Crippen molar-refractivity contribution in [2.75, 3.05) is 11.1 Å². The first kappa shape index (κ1) is 17.6. The van der Waals surface area contributed by atoms with Gasteiger partial charge in [0.1, 0.15) is 5.76 Å². The third-order valence-electron chi connectivity index (χ3n) is 3.06. The summed E-state index contributed by atoms with van der Waals surface area (Å²) in [6, 6.07) is 5.56. The lowest BCUT2D eigenvalue weighted by atomic mass is 10.3. The first-order valence-corrected chi connectivity index (χ1v) is 9.07. The van der Waals surface area contributed by atoms with Gasteiger partial charge in [0.2, 0.25) is 11.8 Å².